The van der Waals surface area contributed by atoms with Crippen molar-refractivity contribution in [2.45, 2.75) is 18.9 Å². The number of rotatable bonds is 5. The molecule has 0 fully saturated rings. The predicted molar refractivity (Wildman–Crippen MR) is 95.7 cm³/mol. The number of ether oxygens (including phenoxy) is 1. The van der Waals surface area contributed by atoms with E-state index in [-0.39, 0.29) is 6.03 Å². The number of nitrogens with one attached hydrogen (secondary N) is 1. The lowest BCUT2D eigenvalue weighted by molar-refractivity contribution is -0.119. The highest BCUT2D eigenvalue weighted by atomic mass is 16.5. The normalized spacial score (nSPS) is 15.6. The number of methoxy groups -OCH3 is 1. The third-order valence-electron chi connectivity index (χ3n) is 4.37. The van der Waals surface area contributed by atoms with E-state index in [0.717, 1.165) is 22.6 Å². The van der Waals surface area contributed by atoms with Crippen LogP contribution in [0.3, 0.4) is 0 Å². The van der Waals surface area contributed by atoms with Gasteiger partial charge in [0.1, 0.15) is 11.8 Å². The van der Waals surface area contributed by atoms with E-state index in [0.29, 0.717) is 19.4 Å². The van der Waals surface area contributed by atoms with Crippen LogP contribution in [-0.2, 0) is 17.6 Å². The van der Waals surface area contributed by atoms with Crippen molar-refractivity contribution in [1.29, 1.82) is 0 Å². The monoisotopic (exact) mass is 339 g/mol. The minimum atomic E-state index is -0.640. The highest BCUT2D eigenvalue weighted by Crippen LogP contribution is 2.31. The van der Waals surface area contributed by atoms with Gasteiger partial charge in [-0.2, -0.15) is 0 Å². The maximum atomic E-state index is 12.6. The van der Waals surface area contributed by atoms with Gasteiger partial charge >= 0.3 is 6.03 Å². The number of nitrogens with two attached hydrogens (primary N) is 1. The van der Waals surface area contributed by atoms with Gasteiger partial charge < -0.3 is 15.8 Å². The van der Waals surface area contributed by atoms with Gasteiger partial charge in [-0.1, -0.05) is 30.3 Å². The molecule has 6 heteroatoms. The molecule has 3 N–H and O–H groups in total. The fourth-order valence-corrected chi connectivity index (χ4v) is 3.06. The smallest absolute Gasteiger partial charge is 0.322 e. The van der Waals surface area contributed by atoms with Gasteiger partial charge in [-0.3, -0.25) is 9.69 Å². The van der Waals surface area contributed by atoms with E-state index in [1.807, 2.05) is 48.5 Å². The molecule has 0 aromatic heterocycles. The Balaban J connectivity index is 1.64. The molecule has 130 valence electrons. The standard InChI is InChI=1S/C19H21N3O3/c1-25-15-8-6-13(7-9-15)10-11-21-19(24)22-16-5-3-2-4-14(16)12-17(22)18(20)23/h2-9,17H,10-12H2,1H3,(H2,20,23)(H,21,24)/t17-/m1/s1. The summed E-state index contributed by atoms with van der Waals surface area (Å²) in [6.45, 7) is 0.468. The number of hydrogen-bond donors (Lipinski definition) is 2. The Morgan fingerprint density at radius 1 is 1.20 bits per heavy atom. The number of carbonyl (C=O) groups excluding carboxylic acids is 2. The van der Waals surface area contributed by atoms with Crippen LogP contribution in [0.4, 0.5) is 10.5 Å². The van der Waals surface area contributed by atoms with Gasteiger partial charge in [-0.25, -0.2) is 4.79 Å². The molecule has 1 atom stereocenters. The molecule has 2 aromatic carbocycles. The molecule has 0 saturated heterocycles. The summed E-state index contributed by atoms with van der Waals surface area (Å²) >= 11 is 0. The van der Waals surface area contributed by atoms with Crippen LogP contribution in [0.1, 0.15) is 11.1 Å². The molecular weight excluding hydrogens is 318 g/mol. The number of benzene rings is 2. The number of primary amides is 1. The lowest BCUT2D eigenvalue weighted by Gasteiger charge is -2.23. The van der Waals surface area contributed by atoms with Crippen molar-refractivity contribution in [1.82, 2.24) is 5.32 Å². The van der Waals surface area contributed by atoms with Crippen LogP contribution in [-0.4, -0.2) is 31.6 Å². The number of amides is 3. The summed E-state index contributed by atoms with van der Waals surface area (Å²) in [5.74, 6) is 0.298. The highest BCUT2D eigenvalue weighted by molar-refractivity contribution is 6.02. The second-order valence-electron chi connectivity index (χ2n) is 5.95. The molecule has 0 saturated carbocycles. The molecule has 6 nitrogen and oxygen atoms in total. The van der Waals surface area contributed by atoms with Crippen LogP contribution in [0.25, 0.3) is 0 Å². The second-order valence-corrected chi connectivity index (χ2v) is 5.95. The third-order valence-corrected chi connectivity index (χ3v) is 4.37. The molecule has 25 heavy (non-hydrogen) atoms. The average Bonchev–Trinajstić information content (AvgIpc) is 3.02. The zero-order valence-electron chi connectivity index (χ0n) is 14.1. The molecule has 3 amide bonds. The van der Waals surface area contributed by atoms with Crippen LogP contribution in [0, 0.1) is 0 Å². The fraction of sp³-hybridized carbons (Fsp3) is 0.263. The Morgan fingerprint density at radius 3 is 2.60 bits per heavy atom. The Labute approximate surface area is 146 Å². The summed E-state index contributed by atoms with van der Waals surface area (Å²) in [7, 11) is 1.62. The number of fused-ring (bicyclic) bond motifs is 1. The number of anilines is 1. The number of nitrogens with zero attached hydrogens (tertiary/aromatic N) is 1. The van der Waals surface area contributed by atoms with Crippen molar-refractivity contribution in [2.75, 3.05) is 18.6 Å². The molecule has 1 aliphatic rings. The first-order valence-corrected chi connectivity index (χ1v) is 8.17. The van der Waals surface area contributed by atoms with Crippen molar-refractivity contribution in [2.24, 2.45) is 5.73 Å². The first kappa shape index (κ1) is 16.8. The molecule has 1 aliphatic heterocycles. The maximum Gasteiger partial charge on any atom is 0.322 e. The van der Waals surface area contributed by atoms with E-state index in [4.69, 9.17) is 10.5 Å². The minimum Gasteiger partial charge on any atom is -0.497 e. The van der Waals surface area contributed by atoms with Gasteiger partial charge in [0.2, 0.25) is 5.91 Å². The van der Waals surface area contributed by atoms with Gasteiger partial charge in [0.15, 0.2) is 0 Å². The third kappa shape index (κ3) is 3.57. The van der Waals surface area contributed by atoms with Crippen molar-refractivity contribution in [3.8, 4) is 5.75 Å². The second kappa shape index (κ2) is 7.25. The molecule has 0 bridgehead atoms. The first-order chi connectivity index (χ1) is 12.1. The van der Waals surface area contributed by atoms with Crippen LogP contribution in [0.5, 0.6) is 5.75 Å². The fourth-order valence-electron chi connectivity index (χ4n) is 3.06. The number of urea groups is 1. The van der Waals surface area contributed by atoms with E-state index in [2.05, 4.69) is 5.32 Å². The first-order valence-electron chi connectivity index (χ1n) is 8.17. The predicted octanol–water partition coefficient (Wildman–Crippen LogP) is 1.86. The van der Waals surface area contributed by atoms with Crippen LogP contribution in [0.15, 0.2) is 48.5 Å². The summed E-state index contributed by atoms with van der Waals surface area (Å²) in [6, 6.07) is 14.2. The number of para-hydroxylation sites is 1. The van der Waals surface area contributed by atoms with Crippen molar-refractivity contribution < 1.29 is 14.3 Å². The molecule has 0 unspecified atom stereocenters. The number of hydrogen-bond acceptors (Lipinski definition) is 3. The Bertz CT molecular complexity index is 774. The van der Waals surface area contributed by atoms with E-state index >= 15 is 0 Å². The lowest BCUT2D eigenvalue weighted by atomic mass is 10.1. The SMILES string of the molecule is COc1ccc(CCNC(=O)N2c3ccccc3C[C@@H]2C(N)=O)cc1. The van der Waals surface area contributed by atoms with Gasteiger partial charge in [0.05, 0.1) is 7.11 Å². The summed E-state index contributed by atoms with van der Waals surface area (Å²) in [6.07, 6.45) is 1.14. The van der Waals surface area contributed by atoms with E-state index < -0.39 is 11.9 Å². The summed E-state index contributed by atoms with van der Waals surface area (Å²) in [4.78, 5) is 25.8. The highest BCUT2D eigenvalue weighted by Gasteiger charge is 2.36. The van der Waals surface area contributed by atoms with Crippen LogP contribution < -0.4 is 20.7 Å². The Morgan fingerprint density at radius 2 is 1.92 bits per heavy atom. The van der Waals surface area contributed by atoms with Gasteiger partial charge in [0, 0.05) is 18.7 Å². The quantitative estimate of drug-likeness (QED) is 0.872. The summed E-state index contributed by atoms with van der Waals surface area (Å²) in [5.41, 5.74) is 8.27. The van der Waals surface area contributed by atoms with Crippen molar-refractivity contribution >= 4 is 17.6 Å². The summed E-state index contributed by atoms with van der Waals surface area (Å²) < 4.78 is 5.13. The Kier molecular flexibility index (Phi) is 4.88. The van der Waals surface area contributed by atoms with Crippen LogP contribution >= 0.6 is 0 Å². The van der Waals surface area contributed by atoms with E-state index in [9.17, 15) is 9.59 Å². The van der Waals surface area contributed by atoms with Crippen molar-refractivity contribution in [3.63, 3.8) is 0 Å². The van der Waals surface area contributed by atoms with Gasteiger partial charge in [-0.15, -0.1) is 0 Å². The molecule has 0 radical (unpaired) electrons. The Hall–Kier alpha value is -3.02. The average molecular weight is 339 g/mol. The van der Waals surface area contributed by atoms with Gasteiger partial charge in [-0.05, 0) is 35.7 Å². The zero-order chi connectivity index (χ0) is 17.8. The molecule has 1 heterocycles. The number of carbonyl (C=O) groups is 2. The molecular formula is C19H21N3O3. The molecule has 3 rings (SSSR count). The summed E-state index contributed by atoms with van der Waals surface area (Å²) in [5, 5.41) is 2.88. The van der Waals surface area contributed by atoms with Gasteiger partial charge in [0.25, 0.3) is 0 Å². The largest absolute Gasteiger partial charge is 0.497 e. The topological polar surface area (TPSA) is 84.7 Å². The van der Waals surface area contributed by atoms with E-state index in [1.54, 1.807) is 7.11 Å². The molecule has 2 aromatic rings. The molecule has 0 spiro atoms. The van der Waals surface area contributed by atoms with E-state index in [1.165, 1.54) is 4.90 Å². The zero-order valence-corrected chi connectivity index (χ0v) is 14.1. The molecule has 0 aliphatic carbocycles. The minimum absolute atomic E-state index is 0.303. The van der Waals surface area contributed by atoms with Crippen molar-refractivity contribution in [3.05, 3.63) is 59.7 Å². The maximum absolute atomic E-state index is 12.6. The lowest BCUT2D eigenvalue weighted by Crippen LogP contribution is -2.50. The van der Waals surface area contributed by atoms with Crippen LogP contribution in [0.2, 0.25) is 0 Å².